The van der Waals surface area contributed by atoms with Crippen LogP contribution >= 0.6 is 0 Å². The van der Waals surface area contributed by atoms with Crippen LogP contribution in [0.4, 0.5) is 5.69 Å². The van der Waals surface area contributed by atoms with Crippen molar-refractivity contribution in [3.05, 3.63) is 54.1 Å². The van der Waals surface area contributed by atoms with Gasteiger partial charge in [0.1, 0.15) is 0 Å². The van der Waals surface area contributed by atoms with Crippen LogP contribution in [0.15, 0.2) is 48.5 Å². The maximum atomic E-state index is 5.33. The van der Waals surface area contributed by atoms with Crippen molar-refractivity contribution in [2.75, 3.05) is 26.1 Å². The molecule has 21 heavy (non-hydrogen) atoms. The third kappa shape index (κ3) is 3.69. The van der Waals surface area contributed by atoms with Gasteiger partial charge < -0.3 is 14.8 Å². The Kier molecular flexibility index (Phi) is 4.73. The lowest BCUT2D eigenvalue weighted by Gasteiger charge is -2.26. The number of hydrogen-bond acceptors (Lipinski definition) is 3. The Morgan fingerprint density at radius 1 is 0.905 bits per heavy atom. The van der Waals surface area contributed by atoms with Gasteiger partial charge in [-0.05, 0) is 17.7 Å². The fourth-order valence-corrected chi connectivity index (χ4v) is 2.26. The number of anilines is 1. The molecule has 0 unspecified atom stereocenters. The molecule has 0 fully saturated rings. The van der Waals surface area contributed by atoms with Gasteiger partial charge in [-0.15, -0.1) is 0 Å². The molecule has 2 aromatic rings. The van der Waals surface area contributed by atoms with E-state index in [-0.39, 0.29) is 5.41 Å². The summed E-state index contributed by atoms with van der Waals surface area (Å²) >= 11 is 0. The van der Waals surface area contributed by atoms with Gasteiger partial charge in [0.2, 0.25) is 0 Å². The molecule has 3 heteroatoms. The highest BCUT2D eigenvalue weighted by Crippen LogP contribution is 2.30. The van der Waals surface area contributed by atoms with Crippen molar-refractivity contribution in [2.24, 2.45) is 0 Å². The second-order valence-corrected chi connectivity index (χ2v) is 5.67. The lowest BCUT2D eigenvalue weighted by molar-refractivity contribution is 0.355. The first-order valence-electron chi connectivity index (χ1n) is 7.08. The van der Waals surface area contributed by atoms with Gasteiger partial charge in [-0.1, -0.05) is 44.2 Å². The van der Waals surface area contributed by atoms with Crippen LogP contribution in [0.3, 0.4) is 0 Å². The van der Waals surface area contributed by atoms with Gasteiger partial charge in [-0.25, -0.2) is 0 Å². The molecular weight excluding hydrogens is 262 g/mol. The summed E-state index contributed by atoms with van der Waals surface area (Å²) in [6, 6.07) is 16.4. The zero-order chi connectivity index (χ0) is 15.3. The highest BCUT2D eigenvalue weighted by Gasteiger charge is 2.20. The van der Waals surface area contributed by atoms with Gasteiger partial charge in [-0.3, -0.25) is 0 Å². The van der Waals surface area contributed by atoms with E-state index in [0.717, 1.165) is 23.7 Å². The summed E-state index contributed by atoms with van der Waals surface area (Å²) in [5, 5.41) is 3.47. The van der Waals surface area contributed by atoms with Crippen LogP contribution in [-0.4, -0.2) is 20.8 Å². The summed E-state index contributed by atoms with van der Waals surface area (Å²) in [6.07, 6.45) is 0. The van der Waals surface area contributed by atoms with Gasteiger partial charge in [0, 0.05) is 23.7 Å². The van der Waals surface area contributed by atoms with Gasteiger partial charge in [-0.2, -0.15) is 0 Å². The van der Waals surface area contributed by atoms with Gasteiger partial charge in [0.15, 0.2) is 11.5 Å². The SMILES string of the molecule is COc1ccc(NCC(C)(C)c2ccccc2)cc1OC. The van der Waals surface area contributed by atoms with Gasteiger partial charge in [0.25, 0.3) is 0 Å². The number of hydrogen-bond donors (Lipinski definition) is 1. The van der Waals surface area contributed by atoms with E-state index in [1.54, 1.807) is 14.2 Å². The molecule has 3 nitrogen and oxygen atoms in total. The summed E-state index contributed by atoms with van der Waals surface area (Å²) in [5.74, 6) is 1.48. The Labute approximate surface area is 126 Å². The summed E-state index contributed by atoms with van der Waals surface area (Å²) < 4.78 is 10.6. The molecule has 0 saturated heterocycles. The molecule has 0 aromatic heterocycles. The molecule has 0 saturated carbocycles. The Morgan fingerprint density at radius 3 is 2.19 bits per heavy atom. The lowest BCUT2D eigenvalue weighted by atomic mass is 9.84. The first-order valence-corrected chi connectivity index (χ1v) is 7.08. The maximum Gasteiger partial charge on any atom is 0.162 e. The van der Waals surface area contributed by atoms with Crippen molar-refractivity contribution in [2.45, 2.75) is 19.3 Å². The zero-order valence-corrected chi connectivity index (χ0v) is 13.1. The molecule has 0 aliphatic carbocycles. The Hall–Kier alpha value is -2.16. The van der Waals surface area contributed by atoms with Crippen molar-refractivity contribution in [3.8, 4) is 11.5 Å². The van der Waals surface area contributed by atoms with Crippen LogP contribution in [-0.2, 0) is 5.41 Å². The minimum atomic E-state index is 0.0500. The Balaban J connectivity index is 2.09. The second kappa shape index (κ2) is 6.53. The fourth-order valence-electron chi connectivity index (χ4n) is 2.26. The predicted molar refractivity (Wildman–Crippen MR) is 87.5 cm³/mol. The minimum Gasteiger partial charge on any atom is -0.493 e. The quantitative estimate of drug-likeness (QED) is 0.867. The van der Waals surface area contributed by atoms with E-state index in [1.165, 1.54) is 5.56 Å². The largest absolute Gasteiger partial charge is 0.493 e. The average Bonchev–Trinajstić information content (AvgIpc) is 2.53. The maximum absolute atomic E-state index is 5.33. The summed E-state index contributed by atoms with van der Waals surface area (Å²) in [4.78, 5) is 0. The molecule has 0 spiro atoms. The smallest absolute Gasteiger partial charge is 0.162 e. The van der Waals surface area contributed by atoms with E-state index in [9.17, 15) is 0 Å². The summed E-state index contributed by atoms with van der Waals surface area (Å²) in [6.45, 7) is 5.30. The third-order valence-electron chi connectivity index (χ3n) is 3.67. The predicted octanol–water partition coefficient (Wildman–Crippen LogP) is 4.09. The van der Waals surface area contributed by atoms with Crippen LogP contribution < -0.4 is 14.8 Å². The normalized spacial score (nSPS) is 11.0. The lowest BCUT2D eigenvalue weighted by Crippen LogP contribution is -2.27. The van der Waals surface area contributed by atoms with Crippen molar-refractivity contribution in [1.82, 2.24) is 0 Å². The number of methoxy groups -OCH3 is 2. The molecule has 1 N–H and O–H groups in total. The Morgan fingerprint density at radius 2 is 1.57 bits per heavy atom. The zero-order valence-electron chi connectivity index (χ0n) is 13.1. The van der Waals surface area contributed by atoms with Crippen LogP contribution in [0.5, 0.6) is 11.5 Å². The molecular formula is C18H23NO2. The van der Waals surface area contributed by atoms with Crippen LogP contribution in [0.1, 0.15) is 19.4 Å². The molecule has 2 aromatic carbocycles. The molecule has 0 aliphatic rings. The molecule has 0 bridgehead atoms. The fraction of sp³-hybridized carbons (Fsp3) is 0.333. The molecule has 112 valence electrons. The van der Waals surface area contributed by atoms with Crippen LogP contribution in [0.25, 0.3) is 0 Å². The molecule has 0 heterocycles. The second-order valence-electron chi connectivity index (χ2n) is 5.67. The van der Waals surface area contributed by atoms with Crippen LogP contribution in [0.2, 0.25) is 0 Å². The highest BCUT2D eigenvalue weighted by atomic mass is 16.5. The van der Waals surface area contributed by atoms with Crippen molar-refractivity contribution < 1.29 is 9.47 Å². The topological polar surface area (TPSA) is 30.5 Å². The molecule has 2 rings (SSSR count). The number of rotatable bonds is 6. The Bertz CT molecular complexity index is 579. The molecule has 0 atom stereocenters. The van der Waals surface area contributed by atoms with E-state index in [0.29, 0.717) is 0 Å². The highest BCUT2D eigenvalue weighted by molar-refractivity contribution is 5.55. The van der Waals surface area contributed by atoms with Crippen LogP contribution in [0, 0.1) is 0 Å². The first kappa shape index (κ1) is 15.2. The van der Waals surface area contributed by atoms with E-state index in [4.69, 9.17) is 9.47 Å². The monoisotopic (exact) mass is 285 g/mol. The minimum absolute atomic E-state index is 0.0500. The number of nitrogens with one attached hydrogen (secondary N) is 1. The average molecular weight is 285 g/mol. The molecule has 0 radical (unpaired) electrons. The van der Waals surface area contributed by atoms with Gasteiger partial charge in [0.05, 0.1) is 14.2 Å². The van der Waals surface area contributed by atoms with E-state index in [2.05, 4.69) is 43.4 Å². The van der Waals surface area contributed by atoms with E-state index >= 15 is 0 Å². The molecule has 0 amide bonds. The van der Waals surface area contributed by atoms with Crippen molar-refractivity contribution in [3.63, 3.8) is 0 Å². The first-order chi connectivity index (χ1) is 10.1. The summed E-state index contributed by atoms with van der Waals surface area (Å²) in [7, 11) is 3.29. The number of ether oxygens (including phenoxy) is 2. The number of benzene rings is 2. The summed E-state index contributed by atoms with van der Waals surface area (Å²) in [5.41, 5.74) is 2.39. The van der Waals surface area contributed by atoms with E-state index < -0.39 is 0 Å². The van der Waals surface area contributed by atoms with Gasteiger partial charge >= 0.3 is 0 Å². The van der Waals surface area contributed by atoms with E-state index in [1.807, 2.05) is 24.3 Å². The third-order valence-corrected chi connectivity index (χ3v) is 3.67. The van der Waals surface area contributed by atoms with Crippen molar-refractivity contribution in [1.29, 1.82) is 0 Å². The standard InChI is InChI=1S/C18H23NO2/c1-18(2,14-8-6-5-7-9-14)13-19-15-10-11-16(20-3)17(12-15)21-4/h5-12,19H,13H2,1-4H3. The van der Waals surface area contributed by atoms with Crippen molar-refractivity contribution >= 4 is 5.69 Å². The molecule has 0 aliphatic heterocycles.